The number of benzene rings is 1. The second kappa shape index (κ2) is 1.89. The molecular weight excluding hydrogens is 174 g/mol. The Balaban J connectivity index is 2.12. The molecule has 0 radical (unpaired) electrons. The lowest BCUT2D eigenvalue weighted by molar-refractivity contribution is 0.140. The highest BCUT2D eigenvalue weighted by atomic mass is 16.3. The molecule has 0 bridgehead atoms. The predicted molar refractivity (Wildman–Crippen MR) is 53.9 cm³/mol. The zero-order chi connectivity index (χ0) is 9.34. The van der Waals surface area contributed by atoms with Crippen molar-refractivity contribution in [1.29, 1.82) is 0 Å². The number of hydrogen-bond donors (Lipinski definition) is 1. The molecule has 2 aliphatic rings. The van der Waals surface area contributed by atoms with Crippen LogP contribution in [0.15, 0.2) is 30.3 Å². The average molecular weight is 185 g/mol. The van der Waals surface area contributed by atoms with Crippen molar-refractivity contribution < 1.29 is 5.11 Å². The van der Waals surface area contributed by atoms with E-state index in [1.165, 1.54) is 10.9 Å². The van der Waals surface area contributed by atoms with Crippen molar-refractivity contribution in [3.63, 3.8) is 0 Å². The van der Waals surface area contributed by atoms with Gasteiger partial charge in [0.2, 0.25) is 0 Å². The molecule has 1 fully saturated rings. The summed E-state index contributed by atoms with van der Waals surface area (Å²) in [6.07, 6.45) is 0.962. The van der Waals surface area contributed by atoms with Crippen LogP contribution >= 0.6 is 0 Å². The molecule has 1 saturated carbocycles. The van der Waals surface area contributed by atoms with Gasteiger partial charge in [0.05, 0.1) is 5.69 Å². The van der Waals surface area contributed by atoms with Crippen LogP contribution < -0.4 is 0 Å². The predicted octanol–water partition coefficient (Wildman–Crippen LogP) is 1.86. The molecule has 70 valence electrons. The zero-order valence-corrected chi connectivity index (χ0v) is 7.77. The van der Waals surface area contributed by atoms with Crippen molar-refractivity contribution in [2.75, 3.05) is 0 Å². The molecule has 0 spiro atoms. The lowest BCUT2D eigenvalue weighted by Crippen LogP contribution is -2.04. The number of fused-ring (bicyclic) bond motifs is 5. The molecule has 1 N–H and O–H groups in total. The van der Waals surface area contributed by atoms with Gasteiger partial charge in [-0.1, -0.05) is 18.2 Å². The Bertz CT molecular complexity index is 542. The molecule has 0 amide bonds. The Morgan fingerprint density at radius 1 is 1.36 bits per heavy atom. The first-order valence-corrected chi connectivity index (χ1v) is 5.10. The highest BCUT2D eigenvalue weighted by Gasteiger charge is 2.60. The van der Waals surface area contributed by atoms with Crippen molar-refractivity contribution in [2.24, 2.45) is 5.92 Å². The summed E-state index contributed by atoms with van der Waals surface area (Å²) < 4.78 is 2.27. The Labute approximate surface area is 81.8 Å². The number of hydrogen-bond acceptors (Lipinski definition) is 1. The third kappa shape index (κ3) is 0.611. The number of aliphatic hydroxyl groups is 1. The standard InChI is InChI=1S/C12H11NO/c14-12-6-9(12)7-13-10-4-2-1-3-8(10)5-11(12)13/h1-5,9,14H,6-7H2. The van der Waals surface area contributed by atoms with Crippen LogP contribution in [0.5, 0.6) is 0 Å². The minimum Gasteiger partial charge on any atom is -0.383 e. The Hall–Kier alpha value is -1.28. The summed E-state index contributed by atoms with van der Waals surface area (Å²) in [6, 6.07) is 10.5. The largest absolute Gasteiger partial charge is 0.383 e. The molecule has 0 saturated heterocycles. The molecule has 2 heterocycles. The topological polar surface area (TPSA) is 25.2 Å². The number of para-hydroxylation sites is 1. The van der Waals surface area contributed by atoms with Gasteiger partial charge in [0.15, 0.2) is 0 Å². The van der Waals surface area contributed by atoms with Crippen LogP contribution in [0, 0.1) is 5.92 Å². The molecule has 1 aromatic heterocycles. The summed E-state index contributed by atoms with van der Waals surface area (Å²) in [7, 11) is 0. The van der Waals surface area contributed by atoms with E-state index in [-0.39, 0.29) is 0 Å². The molecule has 14 heavy (non-hydrogen) atoms. The van der Waals surface area contributed by atoms with Crippen molar-refractivity contribution in [3.05, 3.63) is 36.0 Å². The van der Waals surface area contributed by atoms with Gasteiger partial charge < -0.3 is 9.67 Å². The number of nitrogens with zero attached hydrogens (tertiary/aromatic N) is 1. The Kier molecular flexibility index (Phi) is 0.953. The van der Waals surface area contributed by atoms with Crippen LogP contribution in [0.4, 0.5) is 0 Å². The van der Waals surface area contributed by atoms with Crippen LogP contribution in [-0.4, -0.2) is 9.67 Å². The Morgan fingerprint density at radius 2 is 2.21 bits per heavy atom. The molecule has 2 unspecified atom stereocenters. The maximum absolute atomic E-state index is 10.2. The van der Waals surface area contributed by atoms with E-state index in [0.717, 1.165) is 18.7 Å². The monoisotopic (exact) mass is 185 g/mol. The van der Waals surface area contributed by atoms with E-state index in [1.807, 2.05) is 6.07 Å². The highest BCUT2D eigenvalue weighted by Crippen LogP contribution is 2.58. The summed E-state index contributed by atoms with van der Waals surface area (Å²) in [6.45, 7) is 0.999. The summed E-state index contributed by atoms with van der Waals surface area (Å²) in [5.74, 6) is 0.488. The molecular formula is C12H11NO. The van der Waals surface area contributed by atoms with Crippen LogP contribution in [0.2, 0.25) is 0 Å². The quantitative estimate of drug-likeness (QED) is 0.666. The minimum absolute atomic E-state index is 0.473. The van der Waals surface area contributed by atoms with Gasteiger partial charge in [0.25, 0.3) is 0 Å². The average Bonchev–Trinajstić information content (AvgIpc) is 2.59. The molecule has 2 nitrogen and oxygen atoms in total. The number of aromatic nitrogens is 1. The van der Waals surface area contributed by atoms with Crippen molar-refractivity contribution >= 4 is 10.9 Å². The SMILES string of the molecule is OC12CC1Cn1c2cc2ccccc21. The van der Waals surface area contributed by atoms with Gasteiger partial charge in [0, 0.05) is 18.0 Å². The third-order valence-corrected chi connectivity index (χ3v) is 3.73. The van der Waals surface area contributed by atoms with Gasteiger partial charge >= 0.3 is 0 Å². The first-order valence-electron chi connectivity index (χ1n) is 5.10. The fraction of sp³-hybridized carbons (Fsp3) is 0.333. The van der Waals surface area contributed by atoms with Crippen LogP contribution in [0.3, 0.4) is 0 Å². The van der Waals surface area contributed by atoms with E-state index in [0.29, 0.717) is 5.92 Å². The van der Waals surface area contributed by atoms with Gasteiger partial charge in [-0.25, -0.2) is 0 Å². The molecule has 2 heteroatoms. The number of rotatable bonds is 0. The second-order valence-corrected chi connectivity index (χ2v) is 4.52. The van der Waals surface area contributed by atoms with Crippen LogP contribution in [0.1, 0.15) is 12.1 Å². The lowest BCUT2D eigenvalue weighted by atomic mass is 10.2. The lowest BCUT2D eigenvalue weighted by Gasteiger charge is -2.04. The minimum atomic E-state index is -0.473. The fourth-order valence-corrected chi connectivity index (χ4v) is 2.83. The van der Waals surface area contributed by atoms with Gasteiger partial charge in [-0.3, -0.25) is 0 Å². The van der Waals surface area contributed by atoms with E-state index in [9.17, 15) is 5.11 Å². The fourth-order valence-electron chi connectivity index (χ4n) is 2.83. The van der Waals surface area contributed by atoms with Crippen molar-refractivity contribution in [2.45, 2.75) is 18.6 Å². The molecule has 2 atom stereocenters. The van der Waals surface area contributed by atoms with Crippen LogP contribution in [0.25, 0.3) is 10.9 Å². The second-order valence-electron chi connectivity index (χ2n) is 4.52. The first kappa shape index (κ1) is 7.07. The summed E-state index contributed by atoms with van der Waals surface area (Å²) in [5.41, 5.74) is 1.92. The molecule has 1 aliphatic carbocycles. The molecule has 1 aliphatic heterocycles. The van der Waals surface area contributed by atoms with E-state index >= 15 is 0 Å². The van der Waals surface area contributed by atoms with Crippen molar-refractivity contribution in [1.82, 2.24) is 4.57 Å². The van der Waals surface area contributed by atoms with E-state index < -0.39 is 5.60 Å². The molecule has 4 rings (SSSR count). The molecule has 2 aromatic rings. The van der Waals surface area contributed by atoms with Gasteiger partial charge in [-0.2, -0.15) is 0 Å². The zero-order valence-electron chi connectivity index (χ0n) is 7.77. The summed E-state index contributed by atoms with van der Waals surface area (Å²) >= 11 is 0. The van der Waals surface area contributed by atoms with Crippen LogP contribution in [-0.2, 0) is 12.1 Å². The normalized spacial score (nSPS) is 33.1. The maximum Gasteiger partial charge on any atom is 0.110 e. The highest BCUT2D eigenvalue weighted by molar-refractivity contribution is 5.82. The van der Waals surface area contributed by atoms with Gasteiger partial charge in [0.1, 0.15) is 5.60 Å². The Morgan fingerprint density at radius 3 is 3.14 bits per heavy atom. The van der Waals surface area contributed by atoms with E-state index in [1.54, 1.807) is 0 Å². The van der Waals surface area contributed by atoms with Crippen molar-refractivity contribution in [3.8, 4) is 0 Å². The maximum atomic E-state index is 10.2. The van der Waals surface area contributed by atoms with E-state index in [2.05, 4.69) is 28.8 Å². The van der Waals surface area contributed by atoms with Gasteiger partial charge in [-0.05, 0) is 23.9 Å². The third-order valence-electron chi connectivity index (χ3n) is 3.73. The summed E-state index contributed by atoms with van der Waals surface area (Å²) in [5, 5.41) is 11.5. The molecule has 1 aromatic carbocycles. The smallest absolute Gasteiger partial charge is 0.110 e. The van der Waals surface area contributed by atoms with E-state index in [4.69, 9.17) is 0 Å². The summed E-state index contributed by atoms with van der Waals surface area (Å²) in [4.78, 5) is 0. The first-order chi connectivity index (χ1) is 6.79. The van der Waals surface area contributed by atoms with Gasteiger partial charge in [-0.15, -0.1) is 0 Å².